The molecule has 3 aromatic rings. The quantitative estimate of drug-likeness (QED) is 0.547. The molecule has 2 N–H and O–H groups in total. The van der Waals surface area contributed by atoms with Crippen molar-refractivity contribution in [3.8, 4) is 6.07 Å². The van der Waals surface area contributed by atoms with Crippen molar-refractivity contribution in [1.82, 2.24) is 4.90 Å². The Kier molecular flexibility index (Phi) is 7.64. The summed E-state index contributed by atoms with van der Waals surface area (Å²) in [5, 5.41) is 29.3. The van der Waals surface area contributed by atoms with Crippen LogP contribution in [0.15, 0.2) is 72.8 Å². The highest BCUT2D eigenvalue weighted by Crippen LogP contribution is 2.35. The summed E-state index contributed by atoms with van der Waals surface area (Å²) < 4.78 is 0. The standard InChI is InChI=1S/C27H28ClN3O2/c28-24-9-7-22(8-10-24)26-18-30(27(19-33)23-5-1-21(17-29)2-6-23)14-15-31(26)25-11-3-20(4-12-25)13-16-32/h1-12,26-27,32-33H,13-16,18-19H2/t26-,27+/m0/s1. The van der Waals surface area contributed by atoms with Gasteiger partial charge in [0.15, 0.2) is 0 Å². The van der Waals surface area contributed by atoms with E-state index in [-0.39, 0.29) is 25.3 Å². The average Bonchev–Trinajstić information content (AvgIpc) is 2.86. The maximum absolute atomic E-state index is 10.3. The molecule has 0 spiro atoms. The van der Waals surface area contributed by atoms with Crippen LogP contribution in [0, 0.1) is 11.3 Å². The molecule has 1 fully saturated rings. The second kappa shape index (κ2) is 10.8. The zero-order valence-electron chi connectivity index (χ0n) is 18.4. The van der Waals surface area contributed by atoms with Crippen molar-refractivity contribution in [2.24, 2.45) is 0 Å². The predicted molar refractivity (Wildman–Crippen MR) is 131 cm³/mol. The van der Waals surface area contributed by atoms with E-state index >= 15 is 0 Å². The highest BCUT2D eigenvalue weighted by Gasteiger charge is 2.32. The van der Waals surface area contributed by atoms with Crippen molar-refractivity contribution < 1.29 is 10.2 Å². The number of hydrogen-bond acceptors (Lipinski definition) is 5. The summed E-state index contributed by atoms with van der Waals surface area (Å²) in [5.74, 6) is 0. The van der Waals surface area contributed by atoms with E-state index in [1.807, 2.05) is 24.3 Å². The van der Waals surface area contributed by atoms with Crippen molar-refractivity contribution in [2.75, 3.05) is 37.7 Å². The zero-order chi connectivity index (χ0) is 23.2. The van der Waals surface area contributed by atoms with Gasteiger partial charge in [-0.2, -0.15) is 5.26 Å². The number of benzene rings is 3. The first-order valence-electron chi connectivity index (χ1n) is 11.2. The topological polar surface area (TPSA) is 70.7 Å². The van der Waals surface area contributed by atoms with Crippen LogP contribution in [-0.2, 0) is 6.42 Å². The lowest BCUT2D eigenvalue weighted by Gasteiger charge is -2.45. The van der Waals surface area contributed by atoms with E-state index in [1.165, 1.54) is 5.56 Å². The summed E-state index contributed by atoms with van der Waals surface area (Å²) in [6, 6.07) is 25.9. The summed E-state index contributed by atoms with van der Waals surface area (Å²) in [5.41, 5.74) is 5.04. The normalized spacial score (nSPS) is 17.5. The van der Waals surface area contributed by atoms with Gasteiger partial charge < -0.3 is 15.1 Å². The fraction of sp³-hybridized carbons (Fsp3) is 0.296. The van der Waals surface area contributed by atoms with Crippen molar-refractivity contribution in [1.29, 1.82) is 5.26 Å². The Labute approximate surface area is 200 Å². The number of halogens is 1. The molecule has 0 radical (unpaired) electrons. The number of rotatable bonds is 7. The van der Waals surface area contributed by atoms with Crippen LogP contribution in [0.1, 0.15) is 34.3 Å². The second-order valence-corrected chi connectivity index (χ2v) is 8.76. The van der Waals surface area contributed by atoms with Crippen molar-refractivity contribution >= 4 is 17.3 Å². The third-order valence-electron chi connectivity index (χ3n) is 6.37. The molecule has 1 heterocycles. The zero-order valence-corrected chi connectivity index (χ0v) is 19.2. The van der Waals surface area contributed by atoms with Crippen LogP contribution in [0.3, 0.4) is 0 Å². The summed E-state index contributed by atoms with van der Waals surface area (Å²) in [6.45, 7) is 2.50. The number of aliphatic hydroxyl groups is 2. The number of piperazine rings is 1. The Morgan fingerprint density at radius 3 is 2.24 bits per heavy atom. The molecular formula is C27H28ClN3O2. The molecule has 4 rings (SSSR count). The van der Waals surface area contributed by atoms with Gasteiger partial charge >= 0.3 is 0 Å². The first kappa shape index (κ1) is 23.3. The van der Waals surface area contributed by atoms with Gasteiger partial charge in [0.25, 0.3) is 0 Å². The van der Waals surface area contributed by atoms with Gasteiger partial charge in [0.2, 0.25) is 0 Å². The summed E-state index contributed by atoms with van der Waals surface area (Å²) in [7, 11) is 0. The summed E-state index contributed by atoms with van der Waals surface area (Å²) in [4.78, 5) is 4.72. The highest BCUT2D eigenvalue weighted by atomic mass is 35.5. The van der Waals surface area contributed by atoms with E-state index in [0.29, 0.717) is 17.0 Å². The predicted octanol–water partition coefficient (Wildman–Crippen LogP) is 4.34. The van der Waals surface area contributed by atoms with Gasteiger partial charge in [-0.1, -0.05) is 48.0 Å². The van der Waals surface area contributed by atoms with Gasteiger partial charge in [-0.25, -0.2) is 0 Å². The van der Waals surface area contributed by atoms with Crippen LogP contribution in [0.5, 0.6) is 0 Å². The highest BCUT2D eigenvalue weighted by molar-refractivity contribution is 6.30. The number of nitrogens with zero attached hydrogens (tertiary/aromatic N) is 3. The Morgan fingerprint density at radius 2 is 1.64 bits per heavy atom. The monoisotopic (exact) mass is 461 g/mol. The number of aliphatic hydroxyl groups excluding tert-OH is 2. The number of hydrogen-bond donors (Lipinski definition) is 2. The van der Waals surface area contributed by atoms with E-state index in [9.17, 15) is 10.2 Å². The molecule has 0 saturated carbocycles. The fourth-order valence-corrected chi connectivity index (χ4v) is 4.69. The maximum atomic E-state index is 10.3. The second-order valence-electron chi connectivity index (χ2n) is 8.33. The molecule has 170 valence electrons. The van der Waals surface area contributed by atoms with Crippen molar-refractivity contribution in [3.05, 3.63) is 100 Å². The van der Waals surface area contributed by atoms with Crippen LogP contribution in [0.2, 0.25) is 5.02 Å². The van der Waals surface area contributed by atoms with Crippen LogP contribution < -0.4 is 4.90 Å². The van der Waals surface area contributed by atoms with Crippen LogP contribution in [0.25, 0.3) is 0 Å². The lowest BCUT2D eigenvalue weighted by atomic mass is 9.97. The lowest BCUT2D eigenvalue weighted by molar-refractivity contribution is 0.103. The minimum atomic E-state index is -0.137. The van der Waals surface area contributed by atoms with Crippen molar-refractivity contribution in [3.63, 3.8) is 0 Å². The Balaban J connectivity index is 1.62. The van der Waals surface area contributed by atoms with E-state index in [4.69, 9.17) is 16.9 Å². The fourth-order valence-electron chi connectivity index (χ4n) is 4.56. The Bertz CT molecular complexity index is 1080. The number of nitriles is 1. The maximum Gasteiger partial charge on any atom is 0.0991 e. The van der Waals surface area contributed by atoms with Gasteiger partial charge in [0.1, 0.15) is 0 Å². The van der Waals surface area contributed by atoms with Gasteiger partial charge in [0.05, 0.1) is 30.3 Å². The Hall–Kier alpha value is -2.88. The van der Waals surface area contributed by atoms with E-state index in [1.54, 1.807) is 12.1 Å². The molecule has 2 atom stereocenters. The molecule has 6 heteroatoms. The van der Waals surface area contributed by atoms with E-state index < -0.39 is 0 Å². The largest absolute Gasteiger partial charge is 0.396 e. The molecule has 0 amide bonds. The van der Waals surface area contributed by atoms with Gasteiger partial charge in [-0.05, 0) is 59.5 Å². The lowest BCUT2D eigenvalue weighted by Crippen LogP contribution is -2.50. The molecule has 0 aromatic heterocycles. The molecule has 33 heavy (non-hydrogen) atoms. The molecule has 0 bridgehead atoms. The van der Waals surface area contributed by atoms with Crippen LogP contribution in [0.4, 0.5) is 5.69 Å². The third kappa shape index (κ3) is 5.38. The molecule has 0 aliphatic carbocycles. The van der Waals surface area contributed by atoms with Gasteiger partial charge in [-0.3, -0.25) is 4.90 Å². The van der Waals surface area contributed by atoms with Gasteiger partial charge in [-0.15, -0.1) is 0 Å². The van der Waals surface area contributed by atoms with Gasteiger partial charge in [0, 0.05) is 37.0 Å². The molecule has 1 aliphatic rings. The smallest absolute Gasteiger partial charge is 0.0991 e. The third-order valence-corrected chi connectivity index (χ3v) is 6.63. The molecule has 1 saturated heterocycles. The summed E-state index contributed by atoms with van der Waals surface area (Å²) in [6.07, 6.45) is 0.650. The SMILES string of the molecule is N#Cc1ccc([C@@H](CO)N2CCN(c3ccc(CCO)cc3)[C@H](c3ccc(Cl)cc3)C2)cc1. The minimum absolute atomic E-state index is 0.00902. The molecule has 0 unspecified atom stereocenters. The summed E-state index contributed by atoms with van der Waals surface area (Å²) >= 11 is 6.16. The molecule has 3 aromatic carbocycles. The van der Waals surface area contributed by atoms with Crippen molar-refractivity contribution in [2.45, 2.75) is 18.5 Å². The van der Waals surface area contributed by atoms with Crippen LogP contribution >= 0.6 is 11.6 Å². The minimum Gasteiger partial charge on any atom is -0.396 e. The molecular weight excluding hydrogens is 434 g/mol. The van der Waals surface area contributed by atoms with E-state index in [2.05, 4.69) is 52.3 Å². The van der Waals surface area contributed by atoms with E-state index in [0.717, 1.165) is 36.4 Å². The Morgan fingerprint density at radius 1 is 0.939 bits per heavy atom. The molecule has 5 nitrogen and oxygen atoms in total. The van der Waals surface area contributed by atoms with Crippen LogP contribution in [-0.4, -0.2) is 48.0 Å². The average molecular weight is 462 g/mol. The number of anilines is 1. The first-order chi connectivity index (χ1) is 16.1. The molecule has 1 aliphatic heterocycles. The first-order valence-corrected chi connectivity index (χ1v) is 11.6.